The van der Waals surface area contributed by atoms with E-state index in [1.165, 1.54) is 10.9 Å². The van der Waals surface area contributed by atoms with E-state index in [1.807, 2.05) is 24.3 Å². The summed E-state index contributed by atoms with van der Waals surface area (Å²) in [5.74, 6) is 1.62. The molecule has 0 aliphatic carbocycles. The van der Waals surface area contributed by atoms with E-state index in [-0.39, 0.29) is 0 Å². The number of hydrogen-bond donors (Lipinski definition) is 3. The molecule has 39 heavy (non-hydrogen) atoms. The van der Waals surface area contributed by atoms with Crippen molar-refractivity contribution in [2.75, 3.05) is 61.6 Å². The van der Waals surface area contributed by atoms with Crippen molar-refractivity contribution in [3.05, 3.63) is 78.4 Å². The average molecular weight is 530 g/mol. The maximum absolute atomic E-state index is 5.65. The number of anilines is 4. The van der Waals surface area contributed by atoms with Gasteiger partial charge in [0.25, 0.3) is 0 Å². The van der Waals surface area contributed by atoms with Crippen LogP contribution in [-0.2, 0) is 16.0 Å². The molecule has 0 radical (unpaired) electrons. The molecule has 0 fully saturated rings. The van der Waals surface area contributed by atoms with Crippen LogP contribution in [0.5, 0.6) is 0 Å². The molecule has 0 aliphatic heterocycles. The van der Waals surface area contributed by atoms with Gasteiger partial charge in [0, 0.05) is 31.9 Å². The fraction of sp³-hybridized carbons (Fsp3) is 0.367. The van der Waals surface area contributed by atoms with Gasteiger partial charge in [0.1, 0.15) is 0 Å². The number of unbranched alkanes of at least 4 members (excludes halogenated alkanes) is 1. The van der Waals surface area contributed by atoms with Gasteiger partial charge < -0.3 is 30.7 Å². The molecular formula is C30H39N7O2. The number of hydrogen-bond acceptors (Lipinski definition) is 9. The number of nitrogens with zero attached hydrogens (tertiary/aromatic N) is 4. The summed E-state index contributed by atoms with van der Waals surface area (Å²) in [6.07, 6.45) is 2.12. The maximum Gasteiger partial charge on any atom is 0.233 e. The Morgan fingerprint density at radius 1 is 0.795 bits per heavy atom. The predicted octanol–water partition coefficient (Wildman–Crippen LogP) is 4.98. The molecule has 0 atom stereocenters. The smallest absolute Gasteiger partial charge is 0.233 e. The topological polar surface area (TPSA) is 110 Å². The first kappa shape index (κ1) is 28.2. The molecule has 206 valence electrons. The predicted molar refractivity (Wildman–Crippen MR) is 159 cm³/mol. The lowest BCUT2D eigenvalue weighted by Gasteiger charge is -2.23. The lowest BCUT2D eigenvalue weighted by Crippen LogP contribution is -2.27. The van der Waals surface area contributed by atoms with Crippen molar-refractivity contribution in [3.63, 3.8) is 0 Å². The van der Waals surface area contributed by atoms with E-state index in [2.05, 4.69) is 76.0 Å². The zero-order chi connectivity index (χ0) is 27.1. The van der Waals surface area contributed by atoms with Crippen molar-refractivity contribution >= 4 is 34.3 Å². The highest BCUT2D eigenvalue weighted by atomic mass is 16.5. The van der Waals surface area contributed by atoms with Gasteiger partial charge in [0.2, 0.25) is 17.8 Å². The van der Waals surface area contributed by atoms with Crippen LogP contribution in [0.1, 0.15) is 25.3 Å². The van der Waals surface area contributed by atoms with E-state index in [9.17, 15) is 0 Å². The molecule has 3 aromatic carbocycles. The standard InChI is InChI=1S/C30H39N7O2/c1-2-3-17-37(23-24-9-5-4-6-10-24)30-35-28(32-16-19-39-21-20-38-18-15-31)34-29(36-30)33-27-14-13-25-11-7-8-12-26(25)22-27/h4-14,22H,2-3,15-21,23,31H2,1H3,(H2,32,33,34,35,36). The summed E-state index contributed by atoms with van der Waals surface area (Å²) in [6, 6.07) is 24.9. The lowest BCUT2D eigenvalue weighted by molar-refractivity contribution is 0.0547. The van der Waals surface area contributed by atoms with Crippen molar-refractivity contribution in [3.8, 4) is 0 Å². The molecule has 9 nitrogen and oxygen atoms in total. The molecule has 9 heteroatoms. The van der Waals surface area contributed by atoms with Gasteiger partial charge in [-0.1, -0.05) is 74.0 Å². The third-order valence-electron chi connectivity index (χ3n) is 6.07. The Balaban J connectivity index is 1.52. The molecule has 4 aromatic rings. The van der Waals surface area contributed by atoms with Gasteiger partial charge in [-0.2, -0.15) is 15.0 Å². The highest BCUT2D eigenvalue weighted by Gasteiger charge is 2.15. The van der Waals surface area contributed by atoms with Gasteiger partial charge in [-0.3, -0.25) is 0 Å². The van der Waals surface area contributed by atoms with Crippen LogP contribution >= 0.6 is 0 Å². The number of benzene rings is 3. The number of aromatic nitrogens is 3. The quantitative estimate of drug-likeness (QED) is 0.163. The molecule has 0 aliphatic rings. The van der Waals surface area contributed by atoms with E-state index >= 15 is 0 Å². The van der Waals surface area contributed by atoms with E-state index in [0.29, 0.717) is 63.9 Å². The monoisotopic (exact) mass is 529 g/mol. The summed E-state index contributed by atoms with van der Waals surface area (Å²) in [4.78, 5) is 16.5. The Hall–Kier alpha value is -3.79. The molecule has 1 heterocycles. The Morgan fingerprint density at radius 2 is 1.54 bits per heavy atom. The molecule has 0 saturated heterocycles. The Labute approximate surface area is 230 Å². The van der Waals surface area contributed by atoms with Crippen LogP contribution in [-0.4, -0.2) is 61.0 Å². The Bertz CT molecular complexity index is 1270. The summed E-state index contributed by atoms with van der Waals surface area (Å²) in [5, 5.41) is 9.03. The Morgan fingerprint density at radius 3 is 2.33 bits per heavy atom. The molecule has 4 N–H and O–H groups in total. The largest absolute Gasteiger partial charge is 0.378 e. The minimum atomic E-state index is 0.489. The van der Waals surface area contributed by atoms with Crippen LogP contribution in [0.4, 0.5) is 23.5 Å². The molecule has 1 aromatic heterocycles. The van der Waals surface area contributed by atoms with Crippen LogP contribution in [0.15, 0.2) is 72.8 Å². The van der Waals surface area contributed by atoms with Gasteiger partial charge in [0.15, 0.2) is 0 Å². The van der Waals surface area contributed by atoms with Gasteiger partial charge in [0.05, 0.1) is 26.4 Å². The summed E-state index contributed by atoms with van der Waals surface area (Å²) in [5.41, 5.74) is 7.56. The molecule has 0 amide bonds. The van der Waals surface area contributed by atoms with Crippen LogP contribution < -0.4 is 21.3 Å². The number of nitrogens with two attached hydrogens (primary N) is 1. The minimum absolute atomic E-state index is 0.489. The third-order valence-corrected chi connectivity index (χ3v) is 6.07. The molecule has 0 bridgehead atoms. The van der Waals surface area contributed by atoms with Crippen LogP contribution in [0.3, 0.4) is 0 Å². The van der Waals surface area contributed by atoms with Gasteiger partial charge >= 0.3 is 0 Å². The first-order valence-electron chi connectivity index (χ1n) is 13.7. The van der Waals surface area contributed by atoms with E-state index < -0.39 is 0 Å². The second-order valence-electron chi connectivity index (χ2n) is 9.17. The lowest BCUT2D eigenvalue weighted by atomic mass is 10.1. The van der Waals surface area contributed by atoms with Crippen LogP contribution in [0.25, 0.3) is 10.8 Å². The number of rotatable bonds is 17. The average Bonchev–Trinajstić information content (AvgIpc) is 2.97. The SMILES string of the molecule is CCCCN(Cc1ccccc1)c1nc(NCCOCCOCCN)nc(Nc2ccc3ccccc3c2)n1. The molecule has 0 spiro atoms. The maximum atomic E-state index is 5.65. The van der Waals surface area contributed by atoms with Gasteiger partial charge in [-0.05, 0) is 34.9 Å². The van der Waals surface area contributed by atoms with Crippen LogP contribution in [0.2, 0.25) is 0 Å². The fourth-order valence-electron chi connectivity index (χ4n) is 4.08. The van der Waals surface area contributed by atoms with Crippen LogP contribution in [0, 0.1) is 0 Å². The Kier molecular flexibility index (Phi) is 11.3. The number of nitrogens with one attached hydrogen (secondary N) is 2. The fourth-order valence-corrected chi connectivity index (χ4v) is 4.08. The van der Waals surface area contributed by atoms with Crippen molar-refractivity contribution in [2.24, 2.45) is 5.73 Å². The molecule has 0 saturated carbocycles. The van der Waals surface area contributed by atoms with Crippen molar-refractivity contribution in [1.29, 1.82) is 0 Å². The first-order chi connectivity index (χ1) is 19.2. The first-order valence-corrected chi connectivity index (χ1v) is 13.7. The molecule has 4 rings (SSSR count). The van der Waals surface area contributed by atoms with Crippen molar-refractivity contribution < 1.29 is 9.47 Å². The molecule has 0 unspecified atom stereocenters. The summed E-state index contributed by atoms with van der Waals surface area (Å²) in [7, 11) is 0. The van der Waals surface area contributed by atoms with Gasteiger partial charge in [-0.15, -0.1) is 0 Å². The third kappa shape index (κ3) is 9.17. The second-order valence-corrected chi connectivity index (χ2v) is 9.17. The zero-order valence-electron chi connectivity index (χ0n) is 22.7. The van der Waals surface area contributed by atoms with E-state index in [0.717, 1.165) is 30.5 Å². The molecular weight excluding hydrogens is 490 g/mol. The second kappa shape index (κ2) is 15.6. The van der Waals surface area contributed by atoms with Crippen molar-refractivity contribution in [1.82, 2.24) is 15.0 Å². The summed E-state index contributed by atoms with van der Waals surface area (Å²) < 4.78 is 11.0. The normalized spacial score (nSPS) is 11.0. The minimum Gasteiger partial charge on any atom is -0.378 e. The highest BCUT2D eigenvalue weighted by molar-refractivity contribution is 5.86. The highest BCUT2D eigenvalue weighted by Crippen LogP contribution is 2.23. The van der Waals surface area contributed by atoms with E-state index in [4.69, 9.17) is 25.2 Å². The van der Waals surface area contributed by atoms with E-state index in [1.54, 1.807) is 0 Å². The number of fused-ring (bicyclic) bond motifs is 1. The summed E-state index contributed by atoms with van der Waals surface area (Å²) in [6.45, 7) is 6.90. The zero-order valence-corrected chi connectivity index (χ0v) is 22.7. The number of ether oxygens (including phenoxy) is 2. The summed E-state index contributed by atoms with van der Waals surface area (Å²) >= 11 is 0. The van der Waals surface area contributed by atoms with Gasteiger partial charge in [-0.25, -0.2) is 0 Å². The van der Waals surface area contributed by atoms with Crippen molar-refractivity contribution in [2.45, 2.75) is 26.3 Å².